The van der Waals surface area contributed by atoms with Crippen molar-refractivity contribution in [1.29, 1.82) is 0 Å². The summed E-state index contributed by atoms with van der Waals surface area (Å²) in [6.45, 7) is 4.05. The highest BCUT2D eigenvalue weighted by Gasteiger charge is 2.78. The van der Waals surface area contributed by atoms with E-state index in [-0.39, 0.29) is 36.0 Å². The van der Waals surface area contributed by atoms with Crippen LogP contribution in [0.1, 0.15) is 76.7 Å². The van der Waals surface area contributed by atoms with Gasteiger partial charge in [-0.1, -0.05) is 24.6 Å². The van der Waals surface area contributed by atoms with E-state index in [2.05, 4.69) is 6.92 Å². The van der Waals surface area contributed by atoms with Crippen LogP contribution in [0.15, 0.2) is 29.2 Å². The summed E-state index contributed by atoms with van der Waals surface area (Å²) in [6.07, 6.45) is 2.61. The van der Waals surface area contributed by atoms with Gasteiger partial charge in [0.1, 0.15) is 5.60 Å². The number of aryl methyl sites for hydroxylation is 1. The van der Waals surface area contributed by atoms with Crippen LogP contribution in [0.5, 0.6) is 0 Å². The van der Waals surface area contributed by atoms with E-state index in [1.165, 1.54) is 12.1 Å². The summed E-state index contributed by atoms with van der Waals surface area (Å²) < 4.78 is 78.6. The van der Waals surface area contributed by atoms with Crippen LogP contribution in [-0.2, 0) is 14.3 Å². The van der Waals surface area contributed by atoms with Crippen molar-refractivity contribution in [2.45, 2.75) is 101 Å². The monoisotopic (exact) mass is 456 g/mol. The number of rotatable bonds is 4. The summed E-state index contributed by atoms with van der Waals surface area (Å²) in [4.78, 5) is -0.122. The maximum Gasteiger partial charge on any atom is 0.297 e. The Morgan fingerprint density at radius 3 is 1.90 bits per heavy atom. The van der Waals surface area contributed by atoms with Crippen LogP contribution in [0.3, 0.4) is 0 Å². The molecule has 1 aromatic carbocycles. The summed E-state index contributed by atoms with van der Waals surface area (Å²) in [6, 6.07) is 5.98. The number of hydrogen-bond acceptors (Lipinski definition) is 3. The molecular weight excluding hydrogens is 425 g/mol. The van der Waals surface area contributed by atoms with Crippen molar-refractivity contribution < 1.29 is 25.8 Å². The van der Waals surface area contributed by atoms with Crippen LogP contribution in [0.25, 0.3) is 0 Å². The van der Waals surface area contributed by atoms with Gasteiger partial charge in [0.15, 0.2) is 6.17 Å². The molecule has 4 bridgehead atoms. The van der Waals surface area contributed by atoms with Gasteiger partial charge in [-0.3, -0.25) is 4.18 Å². The molecule has 0 aromatic heterocycles. The molecule has 0 spiro atoms. The number of alkyl halides is 3. The highest BCUT2D eigenvalue weighted by atomic mass is 32.2. The Hall–Kier alpha value is -1.08. The molecule has 0 aliphatic heterocycles. The van der Waals surface area contributed by atoms with Crippen molar-refractivity contribution in [3.05, 3.63) is 29.8 Å². The minimum atomic E-state index is -4.34. The molecule has 172 valence electrons. The Morgan fingerprint density at radius 1 is 0.871 bits per heavy atom. The third kappa shape index (κ3) is 2.84. The maximum absolute atomic E-state index is 15.9. The molecule has 31 heavy (non-hydrogen) atoms. The van der Waals surface area contributed by atoms with Crippen molar-refractivity contribution in [1.82, 2.24) is 0 Å². The molecule has 1 aromatic rings. The van der Waals surface area contributed by atoms with Gasteiger partial charge < -0.3 is 0 Å². The molecule has 0 amide bonds. The summed E-state index contributed by atoms with van der Waals surface area (Å²) in [7, 11) is -4.34. The zero-order valence-corrected chi connectivity index (χ0v) is 19.0. The second-order valence-electron chi connectivity index (χ2n) is 11.1. The summed E-state index contributed by atoms with van der Waals surface area (Å²) in [5, 5.41) is 0. The molecular formula is C24H31F3O3S. The van der Waals surface area contributed by atoms with Gasteiger partial charge in [0.05, 0.1) is 4.90 Å². The number of hydrogen-bond donors (Lipinski definition) is 0. The zero-order chi connectivity index (χ0) is 22.3. The highest BCUT2D eigenvalue weighted by molar-refractivity contribution is 7.86. The second-order valence-corrected chi connectivity index (χ2v) is 12.6. The number of halogens is 3. The Labute approximate surface area is 182 Å². The maximum atomic E-state index is 15.9. The van der Waals surface area contributed by atoms with Gasteiger partial charge in [0, 0.05) is 5.41 Å². The van der Waals surface area contributed by atoms with E-state index >= 15 is 13.2 Å². The lowest BCUT2D eigenvalue weighted by Crippen LogP contribution is -2.73. The molecule has 0 radical (unpaired) electrons. The van der Waals surface area contributed by atoms with Crippen molar-refractivity contribution in [3.8, 4) is 0 Å². The first-order valence-corrected chi connectivity index (χ1v) is 12.8. The molecule has 0 heterocycles. The molecule has 1 unspecified atom stereocenters. The Balaban J connectivity index is 1.47. The first-order valence-electron chi connectivity index (χ1n) is 11.4. The predicted octanol–water partition coefficient (Wildman–Crippen LogP) is 6.35. The zero-order valence-electron chi connectivity index (χ0n) is 18.2. The lowest BCUT2D eigenvalue weighted by atomic mass is 9.38. The smallest absolute Gasteiger partial charge is 0.256 e. The van der Waals surface area contributed by atoms with Gasteiger partial charge in [-0.2, -0.15) is 8.42 Å². The third-order valence-corrected chi connectivity index (χ3v) is 11.0. The van der Waals surface area contributed by atoms with E-state index in [1.54, 1.807) is 12.1 Å². The van der Waals surface area contributed by atoms with Gasteiger partial charge in [-0.25, -0.2) is 13.2 Å². The summed E-state index contributed by atoms with van der Waals surface area (Å²) >= 11 is 0. The van der Waals surface area contributed by atoms with Gasteiger partial charge in [-0.15, -0.1) is 0 Å². The van der Waals surface area contributed by atoms with Crippen LogP contribution in [-0.4, -0.2) is 26.1 Å². The van der Waals surface area contributed by atoms with Crippen molar-refractivity contribution >= 4 is 10.1 Å². The van der Waals surface area contributed by atoms with Gasteiger partial charge in [-0.05, 0) is 94.1 Å². The summed E-state index contributed by atoms with van der Waals surface area (Å²) in [5.74, 6) is -3.60. The molecule has 7 rings (SSSR count). The van der Waals surface area contributed by atoms with Crippen molar-refractivity contribution in [2.75, 3.05) is 0 Å². The van der Waals surface area contributed by atoms with Crippen LogP contribution < -0.4 is 0 Å². The minimum Gasteiger partial charge on any atom is -0.256 e. The average molecular weight is 457 g/mol. The molecule has 0 N–H and O–H groups in total. The Bertz CT molecular complexity index is 953. The quantitative estimate of drug-likeness (QED) is 0.496. The van der Waals surface area contributed by atoms with E-state index in [1.807, 2.05) is 6.92 Å². The van der Waals surface area contributed by atoms with Crippen molar-refractivity contribution in [2.24, 2.45) is 16.2 Å². The lowest BCUT2D eigenvalue weighted by Gasteiger charge is -2.68. The van der Waals surface area contributed by atoms with Crippen molar-refractivity contribution in [3.63, 3.8) is 0 Å². The van der Waals surface area contributed by atoms with E-state index in [0.717, 1.165) is 44.1 Å². The SMILES string of the molecule is Cc1ccc(S(=O)(=O)OC23CCC(C45CCC(C)(CC4)CC5)(CC2)C(F)(F)C3F)cc1. The second kappa shape index (κ2) is 6.49. The van der Waals surface area contributed by atoms with Crippen LogP contribution in [0, 0.1) is 23.2 Å². The molecule has 7 heteroatoms. The molecule has 3 nitrogen and oxygen atoms in total. The van der Waals surface area contributed by atoms with Crippen LogP contribution in [0.2, 0.25) is 0 Å². The average Bonchev–Trinajstić information content (AvgIpc) is 2.73. The summed E-state index contributed by atoms with van der Waals surface area (Å²) in [5.41, 5.74) is -2.81. The van der Waals surface area contributed by atoms with Gasteiger partial charge >= 0.3 is 0 Å². The third-order valence-electron chi connectivity index (χ3n) is 9.59. The fourth-order valence-corrected chi connectivity index (χ4v) is 8.59. The van der Waals surface area contributed by atoms with Gasteiger partial charge in [0.2, 0.25) is 0 Å². The van der Waals surface area contributed by atoms with E-state index in [4.69, 9.17) is 4.18 Å². The van der Waals surface area contributed by atoms with Crippen LogP contribution in [0.4, 0.5) is 13.2 Å². The van der Waals surface area contributed by atoms with E-state index in [9.17, 15) is 8.42 Å². The first-order chi connectivity index (χ1) is 14.4. The lowest BCUT2D eigenvalue weighted by molar-refractivity contribution is -0.327. The normalized spacial score (nSPS) is 43.8. The van der Waals surface area contributed by atoms with Crippen LogP contribution >= 0.6 is 0 Å². The Kier molecular flexibility index (Phi) is 4.56. The molecule has 1 atom stereocenters. The topological polar surface area (TPSA) is 43.4 Å². The minimum absolute atomic E-state index is 0.0217. The fraction of sp³-hybridized carbons (Fsp3) is 0.750. The van der Waals surface area contributed by atoms with Gasteiger partial charge in [0.25, 0.3) is 16.0 Å². The number of fused-ring (bicyclic) bond motifs is 6. The predicted molar refractivity (Wildman–Crippen MR) is 111 cm³/mol. The standard InChI is InChI=1S/C24H31F3O3S/c1-17-3-5-18(6-4-17)31(28,29)30-22-13-15-23(16-14-22,24(26,27)19(22)25)21-10-7-20(2,8-11-21)9-12-21/h3-6,19H,7-16H2,1-2H3. The molecule has 6 aliphatic carbocycles. The first kappa shape index (κ1) is 21.7. The fourth-order valence-electron chi connectivity index (χ4n) is 7.33. The highest BCUT2D eigenvalue weighted by Crippen LogP contribution is 2.75. The number of benzene rings is 1. The molecule has 6 fully saturated rings. The van der Waals surface area contributed by atoms with E-state index in [0.29, 0.717) is 0 Å². The Morgan fingerprint density at radius 2 is 1.39 bits per heavy atom. The van der Waals surface area contributed by atoms with E-state index < -0.39 is 38.6 Å². The molecule has 0 saturated heterocycles. The molecule has 6 saturated carbocycles. The largest absolute Gasteiger partial charge is 0.297 e. The molecule has 6 aliphatic rings.